The molecule has 1 aromatic heterocycles. The molecule has 3 nitrogen and oxygen atoms in total. The van der Waals surface area contributed by atoms with E-state index in [0.29, 0.717) is 17.7 Å². The SMILES string of the molecule is CC(c1onc(N)c1-c1ccc(F)cc1)C1CC1. The molecule has 0 radical (unpaired) electrons. The van der Waals surface area contributed by atoms with Crippen LogP contribution in [0, 0.1) is 11.7 Å². The van der Waals surface area contributed by atoms with E-state index >= 15 is 0 Å². The number of hydrogen-bond acceptors (Lipinski definition) is 3. The predicted molar refractivity (Wildman–Crippen MR) is 67.4 cm³/mol. The largest absolute Gasteiger partial charge is 0.380 e. The minimum absolute atomic E-state index is 0.259. The minimum Gasteiger partial charge on any atom is -0.380 e. The number of anilines is 1. The predicted octanol–water partition coefficient (Wildman–Crippen LogP) is 3.58. The molecule has 18 heavy (non-hydrogen) atoms. The Labute approximate surface area is 105 Å². The van der Waals surface area contributed by atoms with Gasteiger partial charge in [0.25, 0.3) is 0 Å². The van der Waals surface area contributed by atoms with Gasteiger partial charge in [-0.05, 0) is 36.5 Å². The van der Waals surface area contributed by atoms with Crippen molar-refractivity contribution in [2.24, 2.45) is 5.92 Å². The quantitative estimate of drug-likeness (QED) is 0.900. The molecule has 0 bridgehead atoms. The summed E-state index contributed by atoms with van der Waals surface area (Å²) < 4.78 is 18.3. The first-order valence-electron chi connectivity index (χ1n) is 6.18. The Hall–Kier alpha value is -1.84. The van der Waals surface area contributed by atoms with Crippen LogP contribution in [0.4, 0.5) is 10.2 Å². The Balaban J connectivity index is 2.04. The summed E-state index contributed by atoms with van der Waals surface area (Å²) in [5, 5.41) is 3.86. The highest BCUT2D eigenvalue weighted by molar-refractivity contribution is 5.75. The molecule has 2 N–H and O–H groups in total. The number of nitrogen functional groups attached to an aromatic ring is 1. The molecule has 1 saturated carbocycles. The molecule has 1 heterocycles. The lowest BCUT2D eigenvalue weighted by Crippen LogP contribution is -1.97. The van der Waals surface area contributed by atoms with Gasteiger partial charge in [0.05, 0.1) is 5.56 Å². The molecule has 1 fully saturated rings. The third-order valence-electron chi connectivity index (χ3n) is 3.62. The highest BCUT2D eigenvalue weighted by Gasteiger charge is 2.34. The summed E-state index contributed by atoms with van der Waals surface area (Å²) in [6.45, 7) is 2.13. The summed E-state index contributed by atoms with van der Waals surface area (Å²) in [7, 11) is 0. The topological polar surface area (TPSA) is 52.0 Å². The number of nitrogens with zero attached hydrogens (tertiary/aromatic N) is 1. The van der Waals surface area contributed by atoms with Gasteiger partial charge in [-0.25, -0.2) is 4.39 Å². The lowest BCUT2D eigenvalue weighted by atomic mass is 9.95. The number of rotatable bonds is 3. The van der Waals surface area contributed by atoms with Crippen LogP contribution in [-0.2, 0) is 0 Å². The number of halogens is 1. The number of hydrogen-bond donors (Lipinski definition) is 1. The van der Waals surface area contributed by atoms with Gasteiger partial charge in [0.15, 0.2) is 5.82 Å². The number of aromatic nitrogens is 1. The first-order chi connectivity index (χ1) is 8.66. The van der Waals surface area contributed by atoms with Crippen molar-refractivity contribution >= 4 is 5.82 Å². The van der Waals surface area contributed by atoms with Crippen molar-refractivity contribution in [3.63, 3.8) is 0 Å². The number of benzene rings is 1. The van der Waals surface area contributed by atoms with E-state index in [-0.39, 0.29) is 5.82 Å². The van der Waals surface area contributed by atoms with Gasteiger partial charge < -0.3 is 10.3 Å². The normalized spacial score (nSPS) is 16.8. The van der Waals surface area contributed by atoms with Gasteiger partial charge >= 0.3 is 0 Å². The second-order valence-electron chi connectivity index (χ2n) is 4.94. The maximum absolute atomic E-state index is 13.0. The summed E-state index contributed by atoms with van der Waals surface area (Å²) in [5.74, 6) is 1.92. The van der Waals surface area contributed by atoms with Crippen molar-refractivity contribution in [1.29, 1.82) is 0 Å². The van der Waals surface area contributed by atoms with E-state index in [4.69, 9.17) is 10.3 Å². The zero-order chi connectivity index (χ0) is 12.7. The fourth-order valence-corrected chi connectivity index (χ4v) is 2.34. The van der Waals surface area contributed by atoms with Crippen LogP contribution >= 0.6 is 0 Å². The Morgan fingerprint density at radius 3 is 2.61 bits per heavy atom. The van der Waals surface area contributed by atoms with Gasteiger partial charge in [-0.15, -0.1) is 0 Å². The molecule has 1 aromatic carbocycles. The van der Waals surface area contributed by atoms with E-state index in [1.54, 1.807) is 12.1 Å². The molecule has 1 aliphatic carbocycles. The molecular formula is C14H15FN2O. The summed E-state index contributed by atoms with van der Waals surface area (Å²) >= 11 is 0. The van der Waals surface area contributed by atoms with Gasteiger partial charge in [-0.1, -0.05) is 24.2 Å². The minimum atomic E-state index is -0.259. The highest BCUT2D eigenvalue weighted by atomic mass is 19.1. The van der Waals surface area contributed by atoms with E-state index < -0.39 is 0 Å². The third kappa shape index (κ3) is 1.88. The van der Waals surface area contributed by atoms with Gasteiger partial charge in [-0.3, -0.25) is 0 Å². The van der Waals surface area contributed by atoms with E-state index in [1.165, 1.54) is 25.0 Å². The van der Waals surface area contributed by atoms with Gasteiger partial charge in [-0.2, -0.15) is 0 Å². The second kappa shape index (κ2) is 4.12. The molecule has 1 aliphatic rings. The molecule has 2 aromatic rings. The average molecular weight is 246 g/mol. The molecule has 1 unspecified atom stereocenters. The Morgan fingerprint density at radius 2 is 2.00 bits per heavy atom. The van der Waals surface area contributed by atoms with E-state index in [0.717, 1.165) is 16.9 Å². The van der Waals surface area contributed by atoms with Crippen LogP contribution in [0.25, 0.3) is 11.1 Å². The van der Waals surface area contributed by atoms with Crippen LogP contribution in [0.15, 0.2) is 28.8 Å². The lowest BCUT2D eigenvalue weighted by Gasteiger charge is -2.08. The Morgan fingerprint density at radius 1 is 1.33 bits per heavy atom. The summed E-state index contributed by atoms with van der Waals surface area (Å²) in [4.78, 5) is 0. The van der Waals surface area contributed by atoms with Crippen molar-refractivity contribution in [3.05, 3.63) is 35.8 Å². The van der Waals surface area contributed by atoms with Crippen molar-refractivity contribution < 1.29 is 8.91 Å². The summed E-state index contributed by atoms with van der Waals surface area (Å²) in [5.41, 5.74) is 7.54. The molecule has 94 valence electrons. The highest BCUT2D eigenvalue weighted by Crippen LogP contribution is 2.46. The molecule has 0 saturated heterocycles. The second-order valence-corrected chi connectivity index (χ2v) is 4.94. The zero-order valence-electron chi connectivity index (χ0n) is 10.2. The first kappa shape index (κ1) is 11.3. The summed E-state index contributed by atoms with van der Waals surface area (Å²) in [6.07, 6.45) is 2.45. The monoisotopic (exact) mass is 246 g/mol. The Bertz CT molecular complexity index is 558. The van der Waals surface area contributed by atoms with E-state index in [9.17, 15) is 4.39 Å². The van der Waals surface area contributed by atoms with Crippen molar-refractivity contribution in [3.8, 4) is 11.1 Å². The lowest BCUT2D eigenvalue weighted by molar-refractivity contribution is 0.358. The van der Waals surface area contributed by atoms with Crippen molar-refractivity contribution in [1.82, 2.24) is 5.16 Å². The molecule has 0 amide bonds. The van der Waals surface area contributed by atoms with Gasteiger partial charge in [0.1, 0.15) is 11.6 Å². The maximum atomic E-state index is 13.0. The van der Waals surface area contributed by atoms with Crippen LogP contribution in [0.1, 0.15) is 31.4 Å². The van der Waals surface area contributed by atoms with Gasteiger partial charge in [0.2, 0.25) is 0 Å². The van der Waals surface area contributed by atoms with Crippen molar-refractivity contribution in [2.75, 3.05) is 5.73 Å². The van der Waals surface area contributed by atoms with Crippen LogP contribution in [0.3, 0.4) is 0 Å². The van der Waals surface area contributed by atoms with Gasteiger partial charge in [0, 0.05) is 5.92 Å². The fourth-order valence-electron chi connectivity index (χ4n) is 2.34. The molecule has 4 heteroatoms. The smallest absolute Gasteiger partial charge is 0.175 e. The standard InChI is InChI=1S/C14H15FN2O/c1-8(9-2-3-9)13-12(14(16)17-18-13)10-4-6-11(15)7-5-10/h4-9H,2-3H2,1H3,(H2,16,17). The molecular weight excluding hydrogens is 231 g/mol. The first-order valence-corrected chi connectivity index (χ1v) is 6.18. The fraction of sp³-hybridized carbons (Fsp3) is 0.357. The number of nitrogens with two attached hydrogens (primary N) is 1. The molecule has 0 spiro atoms. The van der Waals surface area contributed by atoms with Crippen LogP contribution in [-0.4, -0.2) is 5.16 Å². The average Bonchev–Trinajstić information content (AvgIpc) is 3.14. The van der Waals surface area contributed by atoms with E-state index in [1.807, 2.05) is 0 Å². The maximum Gasteiger partial charge on any atom is 0.175 e. The van der Waals surface area contributed by atoms with E-state index in [2.05, 4.69) is 12.1 Å². The zero-order valence-corrected chi connectivity index (χ0v) is 10.2. The molecule has 0 aliphatic heterocycles. The summed E-state index contributed by atoms with van der Waals surface area (Å²) in [6, 6.07) is 6.27. The van der Waals surface area contributed by atoms with Crippen LogP contribution < -0.4 is 5.73 Å². The van der Waals surface area contributed by atoms with Crippen LogP contribution in [0.5, 0.6) is 0 Å². The van der Waals surface area contributed by atoms with Crippen LogP contribution in [0.2, 0.25) is 0 Å². The van der Waals surface area contributed by atoms with Crippen molar-refractivity contribution in [2.45, 2.75) is 25.7 Å². The third-order valence-corrected chi connectivity index (χ3v) is 3.62. The molecule has 1 atom stereocenters. The Kier molecular flexibility index (Phi) is 2.58. The molecule has 3 rings (SSSR count).